The molecule has 9 heteroatoms. The molecular weight excluding hydrogens is 490 g/mol. The van der Waals surface area contributed by atoms with E-state index >= 15 is 0 Å². The standard InChI is InChI=1S/C28H25N3O5S/c1-16-10-11-18-21(14-29)26(37-22(18)13-16)30-23(32)15-36-24(33)9-4-12-31-27(34)19-7-2-5-17-6-3-8-20(25(17)19)28(31)35/h2-3,5-8,16H,4,9-13,15H2,1H3,(H,30,32). The summed E-state index contributed by atoms with van der Waals surface area (Å²) < 4.78 is 5.10. The van der Waals surface area contributed by atoms with Crippen LogP contribution in [0, 0.1) is 17.2 Å². The summed E-state index contributed by atoms with van der Waals surface area (Å²) in [7, 11) is 0. The topological polar surface area (TPSA) is 117 Å². The lowest BCUT2D eigenvalue weighted by Crippen LogP contribution is -2.41. The summed E-state index contributed by atoms with van der Waals surface area (Å²) in [6.07, 6.45) is 2.89. The number of fused-ring (bicyclic) bond motifs is 1. The molecule has 0 saturated heterocycles. The lowest BCUT2D eigenvalue weighted by Gasteiger charge is -2.27. The molecule has 188 valence electrons. The number of hydrogen-bond donors (Lipinski definition) is 1. The second-order valence-corrected chi connectivity index (χ2v) is 10.6. The Morgan fingerprint density at radius 2 is 1.86 bits per heavy atom. The van der Waals surface area contributed by atoms with Crippen molar-refractivity contribution in [2.45, 2.75) is 39.0 Å². The number of hydrogen-bond acceptors (Lipinski definition) is 7. The number of thiophene rings is 1. The zero-order chi connectivity index (χ0) is 26.1. The van der Waals surface area contributed by atoms with Gasteiger partial charge < -0.3 is 10.1 Å². The Morgan fingerprint density at radius 1 is 1.16 bits per heavy atom. The molecule has 8 nitrogen and oxygen atoms in total. The van der Waals surface area contributed by atoms with Gasteiger partial charge in [-0.1, -0.05) is 31.2 Å². The minimum atomic E-state index is -0.602. The van der Waals surface area contributed by atoms with E-state index in [9.17, 15) is 24.4 Å². The maximum atomic E-state index is 12.9. The van der Waals surface area contributed by atoms with Crippen LogP contribution in [0.5, 0.6) is 0 Å². The summed E-state index contributed by atoms with van der Waals surface area (Å²) in [5.41, 5.74) is 2.44. The Kier molecular flexibility index (Phi) is 6.76. The fraction of sp³-hybridized carbons (Fsp3) is 0.321. The minimum absolute atomic E-state index is 0.0508. The van der Waals surface area contributed by atoms with Gasteiger partial charge in [-0.15, -0.1) is 11.3 Å². The molecule has 1 unspecified atom stereocenters. The molecule has 2 heterocycles. The van der Waals surface area contributed by atoms with Crippen LogP contribution in [0.25, 0.3) is 10.8 Å². The zero-order valence-electron chi connectivity index (χ0n) is 20.3. The fourth-order valence-electron chi connectivity index (χ4n) is 5.00. The fourth-order valence-corrected chi connectivity index (χ4v) is 6.38. The maximum absolute atomic E-state index is 12.9. The Balaban J connectivity index is 1.13. The van der Waals surface area contributed by atoms with E-state index in [-0.39, 0.29) is 31.2 Å². The Morgan fingerprint density at radius 3 is 2.54 bits per heavy atom. The number of amides is 3. The number of ether oxygens (including phenoxy) is 1. The van der Waals surface area contributed by atoms with Crippen LogP contribution in [0.4, 0.5) is 5.00 Å². The van der Waals surface area contributed by atoms with Gasteiger partial charge in [0.25, 0.3) is 17.7 Å². The number of carbonyl (C=O) groups excluding carboxylic acids is 4. The summed E-state index contributed by atoms with van der Waals surface area (Å²) in [5, 5.41) is 14.3. The number of nitrogens with one attached hydrogen (secondary N) is 1. The van der Waals surface area contributed by atoms with Crippen molar-refractivity contribution >= 4 is 50.8 Å². The summed E-state index contributed by atoms with van der Waals surface area (Å²) in [5.74, 6) is -1.34. The van der Waals surface area contributed by atoms with Gasteiger partial charge in [0.1, 0.15) is 11.1 Å². The molecule has 1 N–H and O–H groups in total. The van der Waals surface area contributed by atoms with Crippen LogP contribution in [0.3, 0.4) is 0 Å². The first-order valence-corrected chi connectivity index (χ1v) is 13.1. The van der Waals surface area contributed by atoms with Crippen LogP contribution in [0.15, 0.2) is 36.4 Å². The second-order valence-electron chi connectivity index (χ2n) is 9.45. The van der Waals surface area contributed by atoms with Crippen molar-refractivity contribution in [3.63, 3.8) is 0 Å². The first-order chi connectivity index (χ1) is 17.9. The van der Waals surface area contributed by atoms with Gasteiger partial charge in [-0.3, -0.25) is 24.1 Å². The van der Waals surface area contributed by atoms with E-state index in [1.807, 2.05) is 12.1 Å². The molecule has 0 saturated carbocycles. The van der Waals surface area contributed by atoms with E-state index in [1.54, 1.807) is 24.3 Å². The van der Waals surface area contributed by atoms with Crippen LogP contribution in [-0.2, 0) is 27.2 Å². The predicted molar refractivity (Wildman–Crippen MR) is 138 cm³/mol. The molecule has 1 aromatic heterocycles. The molecule has 1 atom stereocenters. The Labute approximate surface area is 217 Å². The van der Waals surface area contributed by atoms with Gasteiger partial charge in [-0.2, -0.15) is 5.26 Å². The van der Waals surface area contributed by atoms with Crippen LogP contribution in [-0.4, -0.2) is 41.7 Å². The lowest BCUT2D eigenvalue weighted by atomic mass is 9.89. The first-order valence-electron chi connectivity index (χ1n) is 12.3. The van der Waals surface area contributed by atoms with Gasteiger partial charge in [0.05, 0.1) is 5.56 Å². The van der Waals surface area contributed by atoms with Crippen molar-refractivity contribution < 1.29 is 23.9 Å². The third-order valence-corrected chi connectivity index (χ3v) is 8.03. The van der Waals surface area contributed by atoms with Crippen LogP contribution in [0.2, 0.25) is 0 Å². The third-order valence-electron chi connectivity index (χ3n) is 6.86. The summed E-state index contributed by atoms with van der Waals surface area (Å²) in [6, 6.07) is 12.9. The highest BCUT2D eigenvalue weighted by Gasteiger charge is 2.32. The molecule has 2 aliphatic rings. The zero-order valence-corrected chi connectivity index (χ0v) is 21.2. The number of rotatable bonds is 7. The molecular formula is C28H25N3O5S. The molecule has 1 aliphatic heterocycles. The van der Waals surface area contributed by atoms with Crippen LogP contribution < -0.4 is 5.32 Å². The van der Waals surface area contributed by atoms with Crippen molar-refractivity contribution in [1.29, 1.82) is 5.26 Å². The van der Waals surface area contributed by atoms with Crippen molar-refractivity contribution in [2.75, 3.05) is 18.5 Å². The Bertz CT molecular complexity index is 1430. The van der Waals surface area contributed by atoms with Crippen molar-refractivity contribution in [3.05, 3.63) is 63.5 Å². The summed E-state index contributed by atoms with van der Waals surface area (Å²) in [4.78, 5) is 52.8. The normalized spacial score (nSPS) is 16.3. The highest BCUT2D eigenvalue weighted by molar-refractivity contribution is 7.16. The molecule has 0 fully saturated rings. The smallest absolute Gasteiger partial charge is 0.306 e. The maximum Gasteiger partial charge on any atom is 0.306 e. The van der Waals surface area contributed by atoms with Crippen molar-refractivity contribution in [1.82, 2.24) is 4.90 Å². The molecule has 0 spiro atoms. The SMILES string of the molecule is CC1CCc2c(sc(NC(=O)COC(=O)CCCN3C(=O)c4cccc5cccc(c45)C3=O)c2C#N)C1. The average molecular weight is 516 g/mol. The largest absolute Gasteiger partial charge is 0.456 e. The van der Waals surface area contributed by atoms with Crippen molar-refractivity contribution in [2.24, 2.45) is 5.92 Å². The number of benzene rings is 2. The first kappa shape index (κ1) is 24.7. The Hall–Kier alpha value is -4.03. The van der Waals surface area contributed by atoms with E-state index < -0.39 is 18.5 Å². The number of carbonyl (C=O) groups is 4. The van der Waals surface area contributed by atoms with Crippen molar-refractivity contribution in [3.8, 4) is 6.07 Å². The number of anilines is 1. The second kappa shape index (κ2) is 10.1. The van der Waals surface area contributed by atoms with E-state index in [1.165, 1.54) is 11.3 Å². The minimum Gasteiger partial charge on any atom is -0.456 e. The van der Waals surface area contributed by atoms with Gasteiger partial charge in [0.15, 0.2) is 6.61 Å². The van der Waals surface area contributed by atoms with Gasteiger partial charge >= 0.3 is 5.97 Å². The van der Waals surface area contributed by atoms with Gasteiger partial charge in [0.2, 0.25) is 0 Å². The van der Waals surface area contributed by atoms with E-state index in [0.717, 1.165) is 40.0 Å². The van der Waals surface area contributed by atoms with E-state index in [0.29, 0.717) is 33.0 Å². The lowest BCUT2D eigenvalue weighted by molar-refractivity contribution is -0.147. The van der Waals surface area contributed by atoms with E-state index in [2.05, 4.69) is 18.3 Å². The summed E-state index contributed by atoms with van der Waals surface area (Å²) in [6.45, 7) is 1.76. The van der Waals surface area contributed by atoms with Gasteiger partial charge in [-0.05, 0) is 54.7 Å². The average Bonchev–Trinajstić information content (AvgIpc) is 3.23. The molecule has 0 bridgehead atoms. The molecule has 5 rings (SSSR count). The molecule has 1 aliphatic carbocycles. The van der Waals surface area contributed by atoms with Gasteiger partial charge in [0, 0.05) is 34.4 Å². The van der Waals surface area contributed by atoms with Gasteiger partial charge in [-0.25, -0.2) is 0 Å². The quantitative estimate of drug-likeness (QED) is 0.367. The monoisotopic (exact) mass is 515 g/mol. The molecule has 37 heavy (non-hydrogen) atoms. The third kappa shape index (κ3) is 4.72. The van der Waals surface area contributed by atoms with E-state index in [4.69, 9.17) is 4.74 Å². The number of nitriles is 1. The molecule has 0 radical (unpaired) electrons. The molecule has 2 aromatic carbocycles. The van der Waals surface area contributed by atoms with Crippen LogP contribution in [0.1, 0.15) is 62.9 Å². The highest BCUT2D eigenvalue weighted by atomic mass is 32.1. The number of nitrogens with zero attached hydrogens (tertiary/aromatic N) is 2. The summed E-state index contributed by atoms with van der Waals surface area (Å²) >= 11 is 1.41. The van der Waals surface area contributed by atoms with Crippen LogP contribution >= 0.6 is 11.3 Å². The highest BCUT2D eigenvalue weighted by Crippen LogP contribution is 2.39. The predicted octanol–water partition coefficient (Wildman–Crippen LogP) is 4.46. The number of esters is 1. The molecule has 3 aromatic rings. The number of imide groups is 1. The molecule has 3 amide bonds.